The Hall–Kier alpha value is -1.61. The Bertz CT molecular complexity index is 774. The Morgan fingerprint density at radius 3 is 2.69 bits per heavy atom. The van der Waals surface area contributed by atoms with E-state index < -0.39 is 0 Å². The predicted molar refractivity (Wildman–Crippen MR) is 118 cm³/mol. The van der Waals surface area contributed by atoms with Crippen LogP contribution in [0.2, 0.25) is 0 Å². The van der Waals surface area contributed by atoms with Gasteiger partial charge in [-0.25, -0.2) is 0 Å². The molecule has 2 aromatic rings. The van der Waals surface area contributed by atoms with Gasteiger partial charge in [-0.1, -0.05) is 24.3 Å². The first-order chi connectivity index (χ1) is 12.2. The fourth-order valence-electron chi connectivity index (χ4n) is 2.95. The molecule has 5 nitrogen and oxygen atoms in total. The summed E-state index contributed by atoms with van der Waals surface area (Å²) in [6.07, 6.45) is 0.923. The van der Waals surface area contributed by atoms with Crippen molar-refractivity contribution < 1.29 is 4.79 Å². The number of hydrogen-bond donors (Lipinski definition) is 2. The number of carbonyl (C=O) groups excluding carboxylic acids is 1. The number of hydrogen-bond acceptors (Lipinski definition) is 3. The van der Waals surface area contributed by atoms with Crippen molar-refractivity contribution in [2.45, 2.75) is 26.4 Å². The average molecular weight is 484 g/mol. The van der Waals surface area contributed by atoms with Crippen LogP contribution in [0.3, 0.4) is 0 Å². The second-order valence-electron chi connectivity index (χ2n) is 6.14. The van der Waals surface area contributed by atoms with E-state index in [-0.39, 0.29) is 36.4 Å². The number of carbonyl (C=O) groups is 1. The van der Waals surface area contributed by atoms with Crippen LogP contribution in [0.5, 0.6) is 0 Å². The van der Waals surface area contributed by atoms with Crippen molar-refractivity contribution in [2.24, 2.45) is 4.99 Å². The van der Waals surface area contributed by atoms with Gasteiger partial charge in [0.25, 0.3) is 0 Å². The van der Waals surface area contributed by atoms with E-state index in [1.807, 2.05) is 11.0 Å². The van der Waals surface area contributed by atoms with Gasteiger partial charge in [0.2, 0.25) is 5.91 Å². The average Bonchev–Trinajstić information content (AvgIpc) is 3.06. The molecule has 1 aromatic carbocycles. The molecule has 0 saturated heterocycles. The minimum absolute atomic E-state index is 0. The summed E-state index contributed by atoms with van der Waals surface area (Å²) < 4.78 is 0. The summed E-state index contributed by atoms with van der Waals surface area (Å²) in [4.78, 5) is 19.9. The van der Waals surface area contributed by atoms with Crippen LogP contribution < -0.4 is 10.6 Å². The van der Waals surface area contributed by atoms with Gasteiger partial charge in [0.1, 0.15) is 0 Å². The SMILES string of the molecule is CN=C(NCC(=O)N1CCc2ccccc2C1)NCc1sccc1C.I. The van der Waals surface area contributed by atoms with E-state index in [1.54, 1.807) is 18.4 Å². The Balaban J connectivity index is 0.00000243. The Kier molecular flexibility index (Phi) is 7.89. The molecular formula is C19H25IN4OS. The third kappa shape index (κ3) is 5.20. The van der Waals surface area contributed by atoms with Crippen LogP contribution in [-0.2, 0) is 24.3 Å². The van der Waals surface area contributed by atoms with Gasteiger partial charge in [0.05, 0.1) is 13.1 Å². The summed E-state index contributed by atoms with van der Waals surface area (Å²) >= 11 is 1.72. The smallest absolute Gasteiger partial charge is 0.242 e. The molecule has 3 rings (SSSR count). The lowest BCUT2D eigenvalue weighted by molar-refractivity contribution is -0.130. The molecule has 1 amide bonds. The number of aliphatic imine (C=N–C) groups is 1. The van der Waals surface area contributed by atoms with Crippen LogP contribution in [0.25, 0.3) is 0 Å². The number of guanidine groups is 1. The molecule has 0 aliphatic carbocycles. The Morgan fingerprint density at radius 1 is 1.23 bits per heavy atom. The number of fused-ring (bicyclic) bond motifs is 1. The highest BCUT2D eigenvalue weighted by Gasteiger charge is 2.20. The molecule has 1 aliphatic heterocycles. The van der Waals surface area contributed by atoms with Crippen LogP contribution in [0.4, 0.5) is 0 Å². The highest BCUT2D eigenvalue weighted by atomic mass is 127. The zero-order chi connectivity index (χ0) is 17.6. The first kappa shape index (κ1) is 20.7. The number of thiophene rings is 1. The van der Waals surface area contributed by atoms with E-state index in [9.17, 15) is 4.79 Å². The second-order valence-corrected chi connectivity index (χ2v) is 7.14. The summed E-state index contributed by atoms with van der Waals surface area (Å²) in [5.41, 5.74) is 3.87. The number of nitrogens with one attached hydrogen (secondary N) is 2. The normalized spacial score (nSPS) is 13.6. The number of aryl methyl sites for hydroxylation is 1. The van der Waals surface area contributed by atoms with Crippen LogP contribution in [0.1, 0.15) is 21.6 Å². The van der Waals surface area contributed by atoms with E-state index in [0.29, 0.717) is 19.0 Å². The van der Waals surface area contributed by atoms with Crippen LogP contribution in [0, 0.1) is 6.92 Å². The van der Waals surface area contributed by atoms with Gasteiger partial charge in [-0.05, 0) is 41.5 Å². The number of rotatable bonds is 4. The molecule has 1 aliphatic rings. The number of amides is 1. The molecule has 7 heteroatoms. The lowest BCUT2D eigenvalue weighted by Crippen LogP contribution is -2.45. The van der Waals surface area contributed by atoms with E-state index in [2.05, 4.69) is 52.2 Å². The molecule has 26 heavy (non-hydrogen) atoms. The Labute approximate surface area is 175 Å². The zero-order valence-electron chi connectivity index (χ0n) is 15.1. The topological polar surface area (TPSA) is 56.7 Å². The molecule has 140 valence electrons. The Morgan fingerprint density at radius 2 is 2.00 bits per heavy atom. The number of benzene rings is 1. The summed E-state index contributed by atoms with van der Waals surface area (Å²) in [7, 11) is 1.72. The fourth-order valence-corrected chi connectivity index (χ4v) is 3.80. The maximum Gasteiger partial charge on any atom is 0.242 e. The first-order valence-corrected chi connectivity index (χ1v) is 9.37. The maximum atomic E-state index is 12.5. The van der Waals surface area contributed by atoms with E-state index in [4.69, 9.17) is 0 Å². The molecule has 0 radical (unpaired) electrons. The standard InChI is InChI=1S/C19H24N4OS.HI/c1-14-8-10-25-17(14)11-21-19(20-2)22-12-18(24)23-9-7-15-5-3-4-6-16(15)13-23;/h3-6,8,10H,7,9,11-13H2,1-2H3,(H2,20,21,22);1H. The van der Waals surface area contributed by atoms with Gasteiger partial charge < -0.3 is 15.5 Å². The minimum atomic E-state index is 0. The highest BCUT2D eigenvalue weighted by molar-refractivity contribution is 14.0. The van der Waals surface area contributed by atoms with E-state index >= 15 is 0 Å². The summed E-state index contributed by atoms with van der Waals surface area (Å²) in [5.74, 6) is 0.753. The lowest BCUT2D eigenvalue weighted by atomic mass is 10.00. The summed E-state index contributed by atoms with van der Waals surface area (Å²) in [5, 5.41) is 8.47. The molecule has 0 spiro atoms. The van der Waals surface area contributed by atoms with Gasteiger partial charge in [0, 0.05) is 25.0 Å². The zero-order valence-corrected chi connectivity index (χ0v) is 18.3. The van der Waals surface area contributed by atoms with Crippen LogP contribution in [0.15, 0.2) is 40.7 Å². The van der Waals surface area contributed by atoms with Gasteiger partial charge in [-0.3, -0.25) is 9.79 Å². The molecule has 0 unspecified atom stereocenters. The largest absolute Gasteiger partial charge is 0.352 e. The third-order valence-electron chi connectivity index (χ3n) is 4.50. The van der Waals surface area contributed by atoms with Gasteiger partial charge >= 0.3 is 0 Å². The predicted octanol–water partition coefficient (Wildman–Crippen LogP) is 2.92. The molecule has 0 bridgehead atoms. The second kappa shape index (κ2) is 9.91. The van der Waals surface area contributed by atoms with E-state index in [0.717, 1.165) is 13.0 Å². The summed E-state index contributed by atoms with van der Waals surface area (Å²) in [6.45, 7) is 4.54. The maximum absolute atomic E-state index is 12.5. The number of nitrogens with zero attached hydrogens (tertiary/aromatic N) is 2. The van der Waals surface area contributed by atoms with Crippen molar-refractivity contribution in [1.29, 1.82) is 0 Å². The van der Waals surface area contributed by atoms with E-state index in [1.165, 1.54) is 21.6 Å². The minimum Gasteiger partial charge on any atom is -0.352 e. The first-order valence-electron chi connectivity index (χ1n) is 8.49. The molecule has 2 heterocycles. The lowest BCUT2D eigenvalue weighted by Gasteiger charge is -2.29. The monoisotopic (exact) mass is 484 g/mol. The van der Waals surface area contributed by atoms with Gasteiger partial charge in [0.15, 0.2) is 5.96 Å². The quantitative estimate of drug-likeness (QED) is 0.399. The van der Waals surface area contributed by atoms with Crippen LogP contribution in [-0.4, -0.2) is 36.9 Å². The van der Waals surface area contributed by atoms with Crippen LogP contribution >= 0.6 is 35.3 Å². The molecule has 0 saturated carbocycles. The van der Waals surface area contributed by atoms with Crippen molar-refractivity contribution in [1.82, 2.24) is 15.5 Å². The molecule has 1 aromatic heterocycles. The highest BCUT2D eigenvalue weighted by Crippen LogP contribution is 2.18. The van der Waals surface area contributed by atoms with Crippen molar-refractivity contribution in [3.05, 3.63) is 57.3 Å². The summed E-state index contributed by atoms with van der Waals surface area (Å²) in [6, 6.07) is 10.4. The number of halogens is 1. The molecular weight excluding hydrogens is 459 g/mol. The van der Waals surface area contributed by atoms with Gasteiger partial charge in [-0.2, -0.15) is 0 Å². The van der Waals surface area contributed by atoms with Crippen molar-refractivity contribution in [3.8, 4) is 0 Å². The molecule has 0 atom stereocenters. The van der Waals surface area contributed by atoms with Crippen molar-refractivity contribution in [2.75, 3.05) is 20.1 Å². The molecule has 0 fully saturated rings. The third-order valence-corrected chi connectivity index (χ3v) is 5.52. The molecule has 2 N–H and O–H groups in total. The van der Waals surface area contributed by atoms with Crippen molar-refractivity contribution >= 4 is 47.2 Å². The van der Waals surface area contributed by atoms with Gasteiger partial charge in [-0.15, -0.1) is 35.3 Å². The van der Waals surface area contributed by atoms with Crippen molar-refractivity contribution in [3.63, 3.8) is 0 Å². The fraction of sp³-hybridized carbons (Fsp3) is 0.368.